The van der Waals surface area contributed by atoms with Gasteiger partial charge in [-0.2, -0.15) is 0 Å². The molecule has 0 aromatic heterocycles. The first-order valence-electron chi connectivity index (χ1n) is 4.35. The number of carbonyl (C=O) groups excluding carboxylic acids is 1. The van der Waals surface area contributed by atoms with Crippen LogP contribution in [-0.4, -0.2) is 31.7 Å². The summed E-state index contributed by atoms with van der Waals surface area (Å²) in [6.07, 6.45) is 0. The molecule has 1 rings (SSSR count). The van der Waals surface area contributed by atoms with E-state index in [2.05, 4.69) is 5.32 Å². The van der Waals surface area contributed by atoms with Gasteiger partial charge in [0.05, 0.1) is 6.54 Å². The lowest BCUT2D eigenvalue weighted by Crippen LogP contribution is -2.33. The van der Waals surface area contributed by atoms with Gasteiger partial charge in [0.2, 0.25) is 5.91 Å². The first-order chi connectivity index (χ1) is 6.65. The zero-order valence-electron chi connectivity index (χ0n) is 8.32. The standard InChI is InChI=1S/C10H14N2O2/c1-11-7-10(14)12(2)8-3-5-9(13)6-4-8/h3-6,11,13H,7H2,1-2H3. The molecule has 76 valence electrons. The molecule has 0 spiro atoms. The normalized spacial score (nSPS) is 9.86. The van der Waals surface area contributed by atoms with E-state index in [1.165, 1.54) is 4.90 Å². The Morgan fingerprint density at radius 1 is 1.43 bits per heavy atom. The number of likely N-dealkylation sites (N-methyl/N-ethyl adjacent to an activating group) is 2. The fourth-order valence-corrected chi connectivity index (χ4v) is 1.09. The molecule has 4 heteroatoms. The molecule has 0 atom stereocenters. The molecule has 0 saturated heterocycles. The van der Waals surface area contributed by atoms with Crippen molar-refractivity contribution in [3.05, 3.63) is 24.3 Å². The molecule has 1 amide bonds. The molecule has 1 aromatic carbocycles. The zero-order chi connectivity index (χ0) is 10.6. The van der Waals surface area contributed by atoms with Crippen molar-refractivity contribution >= 4 is 11.6 Å². The molecule has 0 aliphatic heterocycles. The molecule has 0 saturated carbocycles. The quantitative estimate of drug-likeness (QED) is 0.739. The summed E-state index contributed by atoms with van der Waals surface area (Å²) in [7, 11) is 3.43. The molecule has 1 aromatic rings. The number of benzene rings is 1. The van der Waals surface area contributed by atoms with Crippen molar-refractivity contribution in [3.63, 3.8) is 0 Å². The maximum absolute atomic E-state index is 11.4. The number of phenolic OH excluding ortho intramolecular Hbond substituents is 1. The third-order valence-corrected chi connectivity index (χ3v) is 1.94. The second-order valence-corrected chi connectivity index (χ2v) is 3.00. The molecule has 14 heavy (non-hydrogen) atoms. The van der Waals surface area contributed by atoms with E-state index in [1.54, 1.807) is 38.4 Å². The lowest BCUT2D eigenvalue weighted by Gasteiger charge is -2.16. The van der Waals surface area contributed by atoms with Crippen LogP contribution in [0.4, 0.5) is 5.69 Å². The van der Waals surface area contributed by atoms with Crippen molar-refractivity contribution < 1.29 is 9.90 Å². The van der Waals surface area contributed by atoms with Gasteiger partial charge in [-0.15, -0.1) is 0 Å². The summed E-state index contributed by atoms with van der Waals surface area (Å²) in [4.78, 5) is 13.0. The van der Waals surface area contributed by atoms with Gasteiger partial charge in [0.25, 0.3) is 0 Å². The summed E-state index contributed by atoms with van der Waals surface area (Å²) >= 11 is 0. The highest BCUT2D eigenvalue weighted by atomic mass is 16.3. The fourth-order valence-electron chi connectivity index (χ4n) is 1.09. The molecule has 4 nitrogen and oxygen atoms in total. The van der Waals surface area contributed by atoms with Crippen LogP contribution in [0.3, 0.4) is 0 Å². The third-order valence-electron chi connectivity index (χ3n) is 1.94. The predicted molar refractivity (Wildman–Crippen MR) is 55.4 cm³/mol. The first-order valence-corrected chi connectivity index (χ1v) is 4.35. The monoisotopic (exact) mass is 194 g/mol. The van der Waals surface area contributed by atoms with E-state index >= 15 is 0 Å². The molecule has 0 radical (unpaired) electrons. The van der Waals surface area contributed by atoms with Crippen LogP contribution in [0, 0.1) is 0 Å². The molecule has 0 aliphatic rings. The van der Waals surface area contributed by atoms with Gasteiger partial charge < -0.3 is 15.3 Å². The summed E-state index contributed by atoms with van der Waals surface area (Å²) in [5.74, 6) is 0.182. The average molecular weight is 194 g/mol. The van der Waals surface area contributed by atoms with Crippen LogP contribution in [0.2, 0.25) is 0 Å². The molecular weight excluding hydrogens is 180 g/mol. The number of hydrogen-bond donors (Lipinski definition) is 2. The van der Waals surface area contributed by atoms with E-state index in [-0.39, 0.29) is 11.7 Å². The number of nitrogens with one attached hydrogen (secondary N) is 1. The summed E-state index contributed by atoms with van der Waals surface area (Å²) in [6.45, 7) is 0.303. The molecule has 0 bridgehead atoms. The predicted octanol–water partition coefficient (Wildman–Crippen LogP) is 0.574. The van der Waals surface area contributed by atoms with Crippen LogP contribution < -0.4 is 10.2 Å². The van der Waals surface area contributed by atoms with Gasteiger partial charge in [-0.05, 0) is 31.3 Å². The summed E-state index contributed by atoms with van der Waals surface area (Å²) in [6, 6.07) is 6.50. The second kappa shape index (κ2) is 4.62. The summed E-state index contributed by atoms with van der Waals surface area (Å²) < 4.78 is 0. The number of carbonyl (C=O) groups is 1. The van der Waals surface area contributed by atoms with Crippen LogP contribution in [0.1, 0.15) is 0 Å². The van der Waals surface area contributed by atoms with Crippen LogP contribution in [0.15, 0.2) is 24.3 Å². The van der Waals surface area contributed by atoms with Crippen LogP contribution in [0.5, 0.6) is 5.75 Å². The van der Waals surface area contributed by atoms with Crippen molar-refractivity contribution in [2.75, 3.05) is 25.5 Å². The minimum absolute atomic E-state index is 0.0156. The zero-order valence-corrected chi connectivity index (χ0v) is 8.32. The van der Waals surface area contributed by atoms with E-state index in [1.807, 2.05) is 0 Å². The van der Waals surface area contributed by atoms with Gasteiger partial charge in [-0.1, -0.05) is 0 Å². The van der Waals surface area contributed by atoms with Crippen LogP contribution in [0.25, 0.3) is 0 Å². The van der Waals surface area contributed by atoms with Crippen LogP contribution >= 0.6 is 0 Å². The van der Waals surface area contributed by atoms with Crippen molar-refractivity contribution in [1.29, 1.82) is 0 Å². The Morgan fingerprint density at radius 3 is 2.50 bits per heavy atom. The Bertz CT molecular complexity index is 308. The average Bonchev–Trinajstić information content (AvgIpc) is 2.18. The smallest absolute Gasteiger partial charge is 0.240 e. The van der Waals surface area contributed by atoms with Crippen molar-refractivity contribution in [2.45, 2.75) is 0 Å². The number of phenols is 1. The lowest BCUT2D eigenvalue weighted by molar-refractivity contribution is -0.117. The minimum Gasteiger partial charge on any atom is -0.508 e. The Balaban J connectivity index is 2.73. The van der Waals surface area contributed by atoms with Crippen molar-refractivity contribution in [3.8, 4) is 5.75 Å². The first kappa shape index (κ1) is 10.5. The Hall–Kier alpha value is -1.55. The van der Waals surface area contributed by atoms with Gasteiger partial charge in [0.15, 0.2) is 0 Å². The lowest BCUT2D eigenvalue weighted by atomic mass is 10.3. The fraction of sp³-hybridized carbons (Fsp3) is 0.300. The summed E-state index contributed by atoms with van der Waals surface area (Å²) in [5, 5.41) is 11.9. The van der Waals surface area contributed by atoms with Crippen molar-refractivity contribution in [2.24, 2.45) is 0 Å². The molecule has 0 fully saturated rings. The van der Waals surface area contributed by atoms with E-state index in [0.29, 0.717) is 6.54 Å². The molecule has 0 aliphatic carbocycles. The number of amides is 1. The van der Waals surface area contributed by atoms with Gasteiger partial charge in [-0.25, -0.2) is 0 Å². The third kappa shape index (κ3) is 2.47. The molecule has 2 N–H and O–H groups in total. The highest BCUT2D eigenvalue weighted by molar-refractivity contribution is 5.94. The number of rotatable bonds is 3. The number of hydrogen-bond acceptors (Lipinski definition) is 3. The molecule has 0 unspecified atom stereocenters. The largest absolute Gasteiger partial charge is 0.508 e. The van der Waals surface area contributed by atoms with Gasteiger partial charge >= 0.3 is 0 Å². The molecule has 0 heterocycles. The minimum atomic E-state index is -0.0156. The highest BCUT2D eigenvalue weighted by Gasteiger charge is 2.08. The van der Waals surface area contributed by atoms with Crippen LogP contribution in [-0.2, 0) is 4.79 Å². The van der Waals surface area contributed by atoms with Gasteiger partial charge in [-0.3, -0.25) is 4.79 Å². The number of aromatic hydroxyl groups is 1. The van der Waals surface area contributed by atoms with Crippen molar-refractivity contribution in [1.82, 2.24) is 5.32 Å². The maximum Gasteiger partial charge on any atom is 0.240 e. The summed E-state index contributed by atoms with van der Waals surface area (Å²) in [5.41, 5.74) is 0.767. The van der Waals surface area contributed by atoms with Gasteiger partial charge in [0.1, 0.15) is 5.75 Å². The van der Waals surface area contributed by atoms with E-state index in [0.717, 1.165) is 5.69 Å². The number of anilines is 1. The second-order valence-electron chi connectivity index (χ2n) is 3.00. The van der Waals surface area contributed by atoms with Gasteiger partial charge in [0, 0.05) is 12.7 Å². The topological polar surface area (TPSA) is 52.6 Å². The van der Waals surface area contributed by atoms with E-state index in [4.69, 9.17) is 5.11 Å². The molecular formula is C10H14N2O2. The van der Waals surface area contributed by atoms with E-state index in [9.17, 15) is 4.79 Å². The maximum atomic E-state index is 11.4. The van der Waals surface area contributed by atoms with E-state index < -0.39 is 0 Å². The Morgan fingerprint density at radius 2 is 2.00 bits per heavy atom. The SMILES string of the molecule is CNCC(=O)N(C)c1ccc(O)cc1. The Kier molecular flexibility index (Phi) is 3.48. The number of nitrogens with zero attached hydrogens (tertiary/aromatic N) is 1. The Labute approximate surface area is 83.2 Å². The highest BCUT2D eigenvalue weighted by Crippen LogP contribution is 2.16.